The predicted molar refractivity (Wildman–Crippen MR) is 63.4 cm³/mol. The van der Waals surface area contributed by atoms with Gasteiger partial charge in [0, 0.05) is 30.4 Å². The molecule has 1 aromatic carbocycles. The van der Waals surface area contributed by atoms with Gasteiger partial charge in [-0.15, -0.1) is 0 Å². The van der Waals surface area contributed by atoms with E-state index in [-0.39, 0.29) is 11.6 Å². The van der Waals surface area contributed by atoms with Crippen molar-refractivity contribution in [2.75, 3.05) is 5.33 Å². The lowest BCUT2D eigenvalue weighted by Crippen LogP contribution is -2.22. The van der Waals surface area contributed by atoms with Crippen LogP contribution in [0.25, 0.3) is 0 Å². The molecule has 1 amide bonds. The monoisotopic (exact) mass is 286 g/mol. The molecular weight excluding hydrogens is 276 g/mol. The van der Waals surface area contributed by atoms with Crippen molar-refractivity contribution < 1.29 is 9.72 Å². The van der Waals surface area contributed by atoms with Crippen LogP contribution in [-0.2, 0) is 11.3 Å². The van der Waals surface area contributed by atoms with Crippen LogP contribution in [0.4, 0.5) is 5.69 Å². The van der Waals surface area contributed by atoms with Gasteiger partial charge in [-0.1, -0.05) is 28.1 Å². The fourth-order valence-electron chi connectivity index (χ4n) is 1.11. The van der Waals surface area contributed by atoms with Gasteiger partial charge in [0.2, 0.25) is 5.91 Å². The zero-order valence-electron chi connectivity index (χ0n) is 8.48. The summed E-state index contributed by atoms with van der Waals surface area (Å²) in [6, 6.07) is 6.11. The van der Waals surface area contributed by atoms with Crippen LogP contribution in [0.2, 0.25) is 0 Å². The molecule has 0 radical (unpaired) electrons. The van der Waals surface area contributed by atoms with Crippen molar-refractivity contribution in [1.82, 2.24) is 5.32 Å². The zero-order valence-corrected chi connectivity index (χ0v) is 10.1. The number of alkyl halides is 1. The Labute approximate surface area is 101 Å². The van der Waals surface area contributed by atoms with E-state index in [4.69, 9.17) is 0 Å². The number of rotatable bonds is 5. The van der Waals surface area contributed by atoms with Gasteiger partial charge in [-0.05, 0) is 5.56 Å². The normalized spacial score (nSPS) is 9.81. The van der Waals surface area contributed by atoms with E-state index in [2.05, 4.69) is 21.2 Å². The average Bonchev–Trinajstić information content (AvgIpc) is 2.27. The van der Waals surface area contributed by atoms with E-state index in [9.17, 15) is 14.9 Å². The molecule has 0 atom stereocenters. The minimum Gasteiger partial charge on any atom is -0.352 e. The van der Waals surface area contributed by atoms with Crippen molar-refractivity contribution >= 4 is 27.5 Å². The number of nitro benzene ring substituents is 1. The number of amides is 1. The molecule has 0 bridgehead atoms. The summed E-state index contributed by atoms with van der Waals surface area (Å²) in [5.74, 6) is -0.0461. The van der Waals surface area contributed by atoms with Gasteiger partial charge in [0.25, 0.3) is 5.69 Å². The molecule has 1 rings (SSSR count). The molecule has 0 aliphatic rings. The summed E-state index contributed by atoms with van der Waals surface area (Å²) in [6.07, 6.45) is 0.424. The third-order valence-corrected chi connectivity index (χ3v) is 2.35. The number of nitro groups is 1. The molecule has 86 valence electrons. The Kier molecular flexibility index (Phi) is 4.91. The highest BCUT2D eigenvalue weighted by Crippen LogP contribution is 2.11. The second kappa shape index (κ2) is 6.22. The first-order valence-corrected chi connectivity index (χ1v) is 5.81. The maximum atomic E-state index is 11.1. The Bertz CT molecular complexity index is 378. The van der Waals surface area contributed by atoms with Crippen LogP contribution in [0.5, 0.6) is 0 Å². The molecule has 0 saturated heterocycles. The fourth-order valence-corrected chi connectivity index (χ4v) is 1.47. The first-order valence-electron chi connectivity index (χ1n) is 4.69. The molecule has 1 aromatic rings. The van der Waals surface area contributed by atoms with Gasteiger partial charge < -0.3 is 5.32 Å². The zero-order chi connectivity index (χ0) is 12.0. The number of nitrogens with one attached hydrogen (secondary N) is 1. The molecule has 0 aromatic heterocycles. The van der Waals surface area contributed by atoms with Crippen LogP contribution in [-0.4, -0.2) is 16.2 Å². The number of carbonyl (C=O) groups excluding carboxylic acids is 1. The summed E-state index contributed by atoms with van der Waals surface area (Å²) in [5.41, 5.74) is 0.893. The second-order valence-corrected chi connectivity index (χ2v) is 3.93. The summed E-state index contributed by atoms with van der Waals surface area (Å²) in [5, 5.41) is 13.7. The van der Waals surface area contributed by atoms with E-state index in [0.717, 1.165) is 5.56 Å². The molecular formula is C10H11BrN2O3. The van der Waals surface area contributed by atoms with Crippen molar-refractivity contribution in [1.29, 1.82) is 0 Å². The number of hydrogen-bond donors (Lipinski definition) is 1. The molecule has 0 spiro atoms. The maximum Gasteiger partial charge on any atom is 0.269 e. The van der Waals surface area contributed by atoms with Crippen molar-refractivity contribution in [3.63, 3.8) is 0 Å². The minimum absolute atomic E-state index is 0.0461. The van der Waals surface area contributed by atoms with Crippen molar-refractivity contribution in [3.05, 3.63) is 39.9 Å². The second-order valence-electron chi connectivity index (χ2n) is 3.14. The molecule has 6 heteroatoms. The Morgan fingerprint density at radius 2 is 2.00 bits per heavy atom. The average molecular weight is 287 g/mol. The van der Waals surface area contributed by atoms with Crippen molar-refractivity contribution in [3.8, 4) is 0 Å². The summed E-state index contributed by atoms with van der Waals surface area (Å²) in [4.78, 5) is 21.1. The lowest BCUT2D eigenvalue weighted by Gasteiger charge is -2.03. The number of hydrogen-bond acceptors (Lipinski definition) is 3. The van der Waals surface area contributed by atoms with Crippen LogP contribution in [0.3, 0.4) is 0 Å². The Morgan fingerprint density at radius 1 is 1.38 bits per heavy atom. The van der Waals surface area contributed by atoms with Gasteiger partial charge >= 0.3 is 0 Å². The number of carbonyl (C=O) groups is 1. The van der Waals surface area contributed by atoms with Crippen LogP contribution in [0.15, 0.2) is 24.3 Å². The number of benzene rings is 1. The van der Waals surface area contributed by atoms with Crippen LogP contribution < -0.4 is 5.32 Å². The van der Waals surface area contributed by atoms with Gasteiger partial charge in [-0.2, -0.15) is 0 Å². The number of non-ortho nitro benzene ring substituents is 1. The molecule has 1 N–H and O–H groups in total. The summed E-state index contributed by atoms with van der Waals surface area (Å²) >= 11 is 3.17. The maximum absolute atomic E-state index is 11.1. The summed E-state index contributed by atoms with van der Waals surface area (Å²) in [7, 11) is 0. The van der Waals surface area contributed by atoms with E-state index in [1.54, 1.807) is 12.1 Å². The third kappa shape index (κ3) is 3.98. The standard InChI is InChI=1S/C10H11BrN2O3/c11-6-5-10(14)12-7-8-1-3-9(4-2-8)13(15)16/h1-4H,5-7H2,(H,12,14). The van der Waals surface area contributed by atoms with E-state index < -0.39 is 4.92 Å². The lowest BCUT2D eigenvalue weighted by molar-refractivity contribution is -0.384. The molecule has 16 heavy (non-hydrogen) atoms. The fraction of sp³-hybridized carbons (Fsp3) is 0.300. The third-order valence-electron chi connectivity index (χ3n) is 1.96. The van der Waals surface area contributed by atoms with Gasteiger partial charge in [0.1, 0.15) is 0 Å². The van der Waals surface area contributed by atoms with Gasteiger partial charge in [0.15, 0.2) is 0 Å². The topological polar surface area (TPSA) is 72.2 Å². The van der Waals surface area contributed by atoms with Crippen LogP contribution in [0.1, 0.15) is 12.0 Å². The molecule has 0 heterocycles. The lowest BCUT2D eigenvalue weighted by atomic mass is 10.2. The molecule has 0 aliphatic heterocycles. The highest BCUT2D eigenvalue weighted by Gasteiger charge is 2.04. The molecule has 0 aliphatic carbocycles. The van der Waals surface area contributed by atoms with Gasteiger partial charge in [0.05, 0.1) is 4.92 Å². The molecule has 5 nitrogen and oxygen atoms in total. The largest absolute Gasteiger partial charge is 0.352 e. The summed E-state index contributed by atoms with van der Waals surface area (Å²) < 4.78 is 0. The first kappa shape index (κ1) is 12.6. The van der Waals surface area contributed by atoms with Gasteiger partial charge in [-0.3, -0.25) is 14.9 Å². The van der Waals surface area contributed by atoms with Crippen LogP contribution in [0, 0.1) is 10.1 Å². The van der Waals surface area contributed by atoms with Crippen molar-refractivity contribution in [2.24, 2.45) is 0 Å². The first-order chi connectivity index (χ1) is 7.63. The van der Waals surface area contributed by atoms with E-state index in [1.165, 1.54) is 12.1 Å². The smallest absolute Gasteiger partial charge is 0.269 e. The van der Waals surface area contributed by atoms with Gasteiger partial charge in [-0.25, -0.2) is 0 Å². The molecule has 0 saturated carbocycles. The quantitative estimate of drug-likeness (QED) is 0.511. The highest BCUT2D eigenvalue weighted by molar-refractivity contribution is 9.09. The predicted octanol–water partition coefficient (Wildman–Crippen LogP) is 2.00. The van der Waals surface area contributed by atoms with E-state index in [0.29, 0.717) is 18.3 Å². The SMILES string of the molecule is O=C(CCBr)NCc1ccc([N+](=O)[O-])cc1. The molecule has 0 unspecified atom stereocenters. The molecule has 0 fully saturated rings. The Morgan fingerprint density at radius 3 is 2.50 bits per heavy atom. The summed E-state index contributed by atoms with van der Waals surface area (Å²) in [6.45, 7) is 0.393. The van der Waals surface area contributed by atoms with E-state index in [1.807, 2.05) is 0 Å². The highest BCUT2D eigenvalue weighted by atomic mass is 79.9. The number of nitrogens with zero attached hydrogens (tertiary/aromatic N) is 1. The minimum atomic E-state index is -0.451. The van der Waals surface area contributed by atoms with E-state index >= 15 is 0 Å². The Hall–Kier alpha value is -1.43. The number of halogens is 1. The van der Waals surface area contributed by atoms with Crippen molar-refractivity contribution in [2.45, 2.75) is 13.0 Å². The Balaban J connectivity index is 2.49. The van der Waals surface area contributed by atoms with Crippen LogP contribution >= 0.6 is 15.9 Å².